The molecule has 1 aromatic heterocycles. The Labute approximate surface area is 123 Å². The van der Waals surface area contributed by atoms with E-state index in [4.69, 9.17) is 10.5 Å². The summed E-state index contributed by atoms with van der Waals surface area (Å²) < 4.78 is 5.32. The summed E-state index contributed by atoms with van der Waals surface area (Å²) in [5.41, 5.74) is 5.93. The number of ether oxygens (including phenoxy) is 1. The SMILES string of the molecule is CCCN(CC)C(=O)c1sc(N2CCOCC2)nc1N. The van der Waals surface area contributed by atoms with E-state index in [1.165, 1.54) is 11.3 Å². The molecule has 1 aromatic rings. The normalized spacial score (nSPS) is 15.4. The molecule has 7 heteroatoms. The molecule has 1 aliphatic heterocycles. The summed E-state index contributed by atoms with van der Waals surface area (Å²) in [5, 5.41) is 0.821. The molecule has 0 unspecified atom stereocenters. The van der Waals surface area contributed by atoms with Crippen LogP contribution in [-0.4, -0.2) is 55.2 Å². The fraction of sp³-hybridized carbons (Fsp3) is 0.692. The molecule has 1 saturated heterocycles. The van der Waals surface area contributed by atoms with E-state index >= 15 is 0 Å². The highest BCUT2D eigenvalue weighted by atomic mass is 32.1. The Morgan fingerprint density at radius 3 is 2.75 bits per heavy atom. The number of morpholine rings is 1. The van der Waals surface area contributed by atoms with Gasteiger partial charge in [0.2, 0.25) is 0 Å². The van der Waals surface area contributed by atoms with Crippen LogP contribution in [-0.2, 0) is 4.74 Å². The summed E-state index contributed by atoms with van der Waals surface area (Å²) in [5.74, 6) is 0.333. The summed E-state index contributed by atoms with van der Waals surface area (Å²) in [6, 6.07) is 0. The third kappa shape index (κ3) is 3.21. The van der Waals surface area contributed by atoms with Crippen LogP contribution >= 0.6 is 11.3 Å². The maximum absolute atomic E-state index is 12.5. The second-order valence-corrected chi connectivity index (χ2v) is 5.67. The lowest BCUT2D eigenvalue weighted by molar-refractivity contribution is 0.0770. The summed E-state index contributed by atoms with van der Waals surface area (Å²) in [7, 11) is 0. The van der Waals surface area contributed by atoms with Crippen molar-refractivity contribution in [3.63, 3.8) is 0 Å². The molecule has 1 fully saturated rings. The van der Waals surface area contributed by atoms with Crippen molar-refractivity contribution in [2.45, 2.75) is 20.3 Å². The Kier molecular flexibility index (Phi) is 5.19. The molecular weight excluding hydrogens is 276 g/mol. The molecule has 2 rings (SSSR count). The van der Waals surface area contributed by atoms with Gasteiger partial charge < -0.3 is 20.3 Å². The van der Waals surface area contributed by atoms with E-state index in [1.807, 2.05) is 11.8 Å². The van der Waals surface area contributed by atoms with Crippen LogP contribution in [0.4, 0.5) is 10.9 Å². The van der Waals surface area contributed by atoms with Crippen molar-refractivity contribution < 1.29 is 9.53 Å². The van der Waals surface area contributed by atoms with Gasteiger partial charge in [0.15, 0.2) is 5.13 Å². The highest BCUT2D eigenvalue weighted by Gasteiger charge is 2.23. The van der Waals surface area contributed by atoms with Gasteiger partial charge in [0, 0.05) is 26.2 Å². The first-order chi connectivity index (χ1) is 9.67. The van der Waals surface area contributed by atoms with Crippen LogP contribution in [0, 0.1) is 0 Å². The Morgan fingerprint density at radius 2 is 2.15 bits per heavy atom. The molecule has 0 aromatic carbocycles. The molecule has 0 saturated carbocycles. The number of aromatic nitrogens is 1. The first kappa shape index (κ1) is 15.1. The highest BCUT2D eigenvalue weighted by molar-refractivity contribution is 7.18. The molecule has 0 spiro atoms. The minimum absolute atomic E-state index is 0.0103. The monoisotopic (exact) mass is 298 g/mol. The van der Waals surface area contributed by atoms with Crippen molar-refractivity contribution in [3.05, 3.63) is 4.88 Å². The van der Waals surface area contributed by atoms with E-state index in [9.17, 15) is 4.79 Å². The first-order valence-electron chi connectivity index (χ1n) is 7.05. The van der Waals surface area contributed by atoms with Crippen LogP contribution in [0.2, 0.25) is 0 Å². The average molecular weight is 298 g/mol. The van der Waals surface area contributed by atoms with Gasteiger partial charge in [-0.15, -0.1) is 0 Å². The number of nitrogens with two attached hydrogens (primary N) is 1. The molecule has 0 aliphatic carbocycles. The number of amides is 1. The van der Waals surface area contributed by atoms with Crippen LogP contribution in [0.5, 0.6) is 0 Å². The number of anilines is 2. The van der Waals surface area contributed by atoms with E-state index in [0.29, 0.717) is 30.5 Å². The number of hydrogen-bond donors (Lipinski definition) is 1. The van der Waals surface area contributed by atoms with Gasteiger partial charge in [-0.3, -0.25) is 4.79 Å². The molecule has 2 heterocycles. The van der Waals surface area contributed by atoms with E-state index in [-0.39, 0.29) is 5.91 Å². The molecule has 1 amide bonds. The number of thiazole rings is 1. The van der Waals surface area contributed by atoms with Crippen LogP contribution in [0.3, 0.4) is 0 Å². The molecule has 20 heavy (non-hydrogen) atoms. The van der Waals surface area contributed by atoms with Gasteiger partial charge in [-0.1, -0.05) is 18.3 Å². The van der Waals surface area contributed by atoms with Crippen molar-refractivity contribution in [1.82, 2.24) is 9.88 Å². The van der Waals surface area contributed by atoms with Gasteiger partial charge in [-0.2, -0.15) is 0 Å². The van der Waals surface area contributed by atoms with Crippen molar-refractivity contribution in [2.75, 3.05) is 50.0 Å². The first-order valence-corrected chi connectivity index (χ1v) is 7.87. The predicted molar refractivity (Wildman–Crippen MR) is 81.4 cm³/mol. The third-order valence-corrected chi connectivity index (χ3v) is 4.40. The van der Waals surface area contributed by atoms with Gasteiger partial charge in [0.25, 0.3) is 5.91 Å². The van der Waals surface area contributed by atoms with Gasteiger partial charge in [0.1, 0.15) is 10.7 Å². The number of nitrogens with zero attached hydrogens (tertiary/aromatic N) is 3. The van der Waals surface area contributed by atoms with Crippen molar-refractivity contribution in [1.29, 1.82) is 0 Å². The Hall–Kier alpha value is -1.34. The summed E-state index contributed by atoms with van der Waals surface area (Å²) >= 11 is 1.39. The quantitative estimate of drug-likeness (QED) is 0.890. The van der Waals surface area contributed by atoms with Gasteiger partial charge in [-0.05, 0) is 13.3 Å². The lowest BCUT2D eigenvalue weighted by Gasteiger charge is -2.26. The number of carbonyl (C=O) groups is 1. The molecule has 1 aliphatic rings. The molecule has 112 valence electrons. The van der Waals surface area contributed by atoms with Gasteiger partial charge >= 0.3 is 0 Å². The second-order valence-electron chi connectivity index (χ2n) is 4.70. The maximum Gasteiger partial charge on any atom is 0.267 e. The van der Waals surface area contributed by atoms with Gasteiger partial charge in [-0.25, -0.2) is 4.98 Å². The smallest absolute Gasteiger partial charge is 0.267 e. The third-order valence-electron chi connectivity index (χ3n) is 3.28. The van der Waals surface area contributed by atoms with Crippen LogP contribution in [0.25, 0.3) is 0 Å². The molecule has 2 N–H and O–H groups in total. The number of nitrogen functional groups attached to an aromatic ring is 1. The zero-order valence-corrected chi connectivity index (χ0v) is 12.9. The lowest BCUT2D eigenvalue weighted by Crippen LogP contribution is -2.36. The minimum atomic E-state index is -0.0103. The minimum Gasteiger partial charge on any atom is -0.382 e. The standard InChI is InChI=1S/C13H22N4O2S/c1-3-5-16(4-2)12(18)10-11(14)15-13(20-10)17-6-8-19-9-7-17/h3-9,14H2,1-2H3. The molecule has 0 atom stereocenters. The molecule has 0 radical (unpaired) electrons. The van der Waals surface area contributed by atoms with Crippen LogP contribution < -0.4 is 10.6 Å². The van der Waals surface area contributed by atoms with Crippen molar-refractivity contribution >= 4 is 28.2 Å². The van der Waals surface area contributed by atoms with E-state index < -0.39 is 0 Å². The lowest BCUT2D eigenvalue weighted by atomic mass is 10.3. The Balaban J connectivity index is 2.15. The topological polar surface area (TPSA) is 71.7 Å². The van der Waals surface area contributed by atoms with E-state index in [1.54, 1.807) is 0 Å². The second kappa shape index (κ2) is 6.90. The van der Waals surface area contributed by atoms with Crippen LogP contribution in [0.1, 0.15) is 29.9 Å². The molecule has 0 bridgehead atoms. The fourth-order valence-corrected chi connectivity index (χ4v) is 3.18. The summed E-state index contributed by atoms with van der Waals surface area (Å²) in [4.78, 5) is 21.3. The Bertz CT molecular complexity index is 457. The van der Waals surface area contributed by atoms with Crippen molar-refractivity contribution in [3.8, 4) is 0 Å². The largest absolute Gasteiger partial charge is 0.382 e. The zero-order chi connectivity index (χ0) is 14.5. The summed E-state index contributed by atoms with van der Waals surface area (Å²) in [6.45, 7) is 8.47. The highest BCUT2D eigenvalue weighted by Crippen LogP contribution is 2.29. The summed E-state index contributed by atoms with van der Waals surface area (Å²) in [6.07, 6.45) is 0.939. The zero-order valence-electron chi connectivity index (χ0n) is 12.1. The van der Waals surface area contributed by atoms with Crippen LogP contribution in [0.15, 0.2) is 0 Å². The number of rotatable bonds is 5. The van der Waals surface area contributed by atoms with E-state index in [2.05, 4.69) is 16.8 Å². The fourth-order valence-electron chi connectivity index (χ4n) is 2.18. The number of carbonyl (C=O) groups excluding carboxylic acids is 1. The predicted octanol–water partition coefficient (Wildman–Crippen LogP) is 1.43. The Morgan fingerprint density at radius 1 is 1.45 bits per heavy atom. The van der Waals surface area contributed by atoms with Gasteiger partial charge in [0.05, 0.1) is 13.2 Å². The molecule has 6 nitrogen and oxygen atoms in total. The maximum atomic E-state index is 12.5. The number of hydrogen-bond acceptors (Lipinski definition) is 6. The molecular formula is C13H22N4O2S. The van der Waals surface area contributed by atoms with Crippen molar-refractivity contribution in [2.24, 2.45) is 0 Å². The van der Waals surface area contributed by atoms with E-state index in [0.717, 1.165) is 31.2 Å². The average Bonchev–Trinajstić information content (AvgIpc) is 2.87.